The van der Waals surface area contributed by atoms with Gasteiger partial charge in [0, 0.05) is 20.1 Å². The third-order valence-electron chi connectivity index (χ3n) is 6.72. The lowest BCUT2D eigenvalue weighted by Gasteiger charge is -2.19. The number of carbonyl (C=O) groups is 1. The van der Waals surface area contributed by atoms with Crippen LogP contribution in [0, 0.1) is 6.92 Å². The molecule has 37 heavy (non-hydrogen) atoms. The van der Waals surface area contributed by atoms with E-state index in [4.69, 9.17) is 4.74 Å². The number of nitrogens with one attached hydrogen (secondary N) is 2. The predicted molar refractivity (Wildman–Crippen MR) is 154 cm³/mol. The Bertz CT molecular complexity index is 796. The SMILES string of the molecule is CCCCCCCCCCCCCCCCCCOCC(CNS(=O)(=O)c1ccc(C)cc1)NC(C)=O. The molecular formula is C30H54N2O4S. The molecule has 7 heteroatoms. The van der Waals surface area contributed by atoms with Crippen molar-refractivity contribution in [2.24, 2.45) is 0 Å². The lowest BCUT2D eigenvalue weighted by Crippen LogP contribution is -2.45. The molecule has 1 aromatic rings. The molecule has 0 saturated carbocycles. The monoisotopic (exact) mass is 538 g/mol. The number of unbranched alkanes of at least 4 members (excludes halogenated alkanes) is 15. The first-order valence-electron chi connectivity index (χ1n) is 14.8. The Labute approximate surface area is 227 Å². The molecule has 0 aliphatic carbocycles. The van der Waals surface area contributed by atoms with Gasteiger partial charge in [0.1, 0.15) is 0 Å². The Morgan fingerprint density at radius 3 is 1.70 bits per heavy atom. The summed E-state index contributed by atoms with van der Waals surface area (Å²) in [6.07, 6.45) is 21.3. The molecule has 0 aliphatic heterocycles. The summed E-state index contributed by atoms with van der Waals surface area (Å²) >= 11 is 0. The molecular weight excluding hydrogens is 484 g/mol. The summed E-state index contributed by atoms with van der Waals surface area (Å²) in [5.41, 5.74) is 0.998. The van der Waals surface area contributed by atoms with E-state index < -0.39 is 16.1 Å². The van der Waals surface area contributed by atoms with Crippen LogP contribution in [0.25, 0.3) is 0 Å². The van der Waals surface area contributed by atoms with Crippen LogP contribution in [-0.4, -0.2) is 40.1 Å². The number of sulfonamides is 1. The third-order valence-corrected chi connectivity index (χ3v) is 8.16. The van der Waals surface area contributed by atoms with Gasteiger partial charge in [-0.15, -0.1) is 0 Å². The molecule has 0 saturated heterocycles. The molecule has 214 valence electrons. The van der Waals surface area contributed by atoms with Gasteiger partial charge in [0.15, 0.2) is 0 Å². The first-order chi connectivity index (χ1) is 17.8. The Kier molecular flexibility index (Phi) is 19.5. The molecule has 1 aromatic carbocycles. The van der Waals surface area contributed by atoms with Crippen LogP contribution >= 0.6 is 0 Å². The number of hydrogen-bond acceptors (Lipinski definition) is 4. The van der Waals surface area contributed by atoms with Gasteiger partial charge in [-0.1, -0.05) is 121 Å². The molecule has 1 atom stereocenters. The maximum absolute atomic E-state index is 12.5. The van der Waals surface area contributed by atoms with Gasteiger partial charge in [-0.3, -0.25) is 4.79 Å². The minimum atomic E-state index is -3.63. The number of rotatable bonds is 24. The summed E-state index contributed by atoms with van der Waals surface area (Å²) in [4.78, 5) is 11.8. The zero-order valence-electron chi connectivity index (χ0n) is 23.9. The van der Waals surface area contributed by atoms with E-state index in [1.165, 1.54) is 96.8 Å². The second kappa shape index (κ2) is 21.5. The molecule has 0 aliphatic rings. The molecule has 0 bridgehead atoms. The summed E-state index contributed by atoms with van der Waals surface area (Å²) in [5.74, 6) is -0.203. The van der Waals surface area contributed by atoms with Crippen LogP contribution < -0.4 is 10.0 Å². The summed E-state index contributed by atoms with van der Waals surface area (Å²) in [6.45, 7) is 6.61. The van der Waals surface area contributed by atoms with Crippen molar-refractivity contribution in [2.75, 3.05) is 19.8 Å². The normalized spacial score (nSPS) is 12.5. The van der Waals surface area contributed by atoms with Gasteiger partial charge in [-0.25, -0.2) is 13.1 Å². The van der Waals surface area contributed by atoms with E-state index in [0.29, 0.717) is 6.61 Å². The second-order valence-electron chi connectivity index (χ2n) is 10.4. The van der Waals surface area contributed by atoms with Gasteiger partial charge in [-0.05, 0) is 25.5 Å². The van der Waals surface area contributed by atoms with Crippen LogP contribution in [0.4, 0.5) is 0 Å². The second-order valence-corrected chi connectivity index (χ2v) is 12.2. The molecule has 6 nitrogen and oxygen atoms in total. The Morgan fingerprint density at radius 1 is 0.784 bits per heavy atom. The first kappa shape index (κ1) is 33.6. The number of ether oxygens (including phenoxy) is 1. The Balaban J connectivity index is 2.04. The van der Waals surface area contributed by atoms with Gasteiger partial charge in [-0.2, -0.15) is 0 Å². The fourth-order valence-corrected chi connectivity index (χ4v) is 5.51. The van der Waals surface area contributed by atoms with Crippen LogP contribution in [0.2, 0.25) is 0 Å². The van der Waals surface area contributed by atoms with Crippen molar-refractivity contribution in [1.82, 2.24) is 10.0 Å². The van der Waals surface area contributed by atoms with Crippen molar-refractivity contribution in [2.45, 2.75) is 134 Å². The fourth-order valence-electron chi connectivity index (χ4n) is 4.43. The Hall–Kier alpha value is -1.44. The molecule has 0 spiro atoms. The van der Waals surface area contributed by atoms with E-state index in [1.54, 1.807) is 24.3 Å². The number of aryl methyl sites for hydroxylation is 1. The summed E-state index contributed by atoms with van der Waals surface area (Å²) < 4.78 is 33.4. The van der Waals surface area contributed by atoms with Crippen molar-refractivity contribution in [3.05, 3.63) is 29.8 Å². The van der Waals surface area contributed by atoms with E-state index in [-0.39, 0.29) is 24.0 Å². The highest BCUT2D eigenvalue weighted by molar-refractivity contribution is 7.89. The maximum Gasteiger partial charge on any atom is 0.240 e. The van der Waals surface area contributed by atoms with Gasteiger partial charge >= 0.3 is 0 Å². The van der Waals surface area contributed by atoms with Crippen molar-refractivity contribution < 1.29 is 17.9 Å². The highest BCUT2D eigenvalue weighted by Gasteiger charge is 2.17. The predicted octanol–water partition coefficient (Wildman–Crippen LogP) is 7.06. The zero-order chi connectivity index (χ0) is 27.2. The minimum absolute atomic E-state index is 0.0920. The molecule has 1 amide bonds. The van der Waals surface area contributed by atoms with Crippen molar-refractivity contribution in [1.29, 1.82) is 0 Å². The Morgan fingerprint density at radius 2 is 1.24 bits per heavy atom. The minimum Gasteiger partial charge on any atom is -0.379 e. The molecule has 0 aromatic heterocycles. The van der Waals surface area contributed by atoms with Crippen molar-refractivity contribution in [3.8, 4) is 0 Å². The molecule has 0 heterocycles. The number of benzene rings is 1. The number of carbonyl (C=O) groups excluding carboxylic acids is 1. The largest absolute Gasteiger partial charge is 0.379 e. The fraction of sp³-hybridized carbons (Fsp3) is 0.767. The topological polar surface area (TPSA) is 84.5 Å². The van der Waals surface area contributed by atoms with Crippen molar-refractivity contribution in [3.63, 3.8) is 0 Å². The smallest absolute Gasteiger partial charge is 0.240 e. The summed E-state index contributed by atoms with van der Waals surface area (Å²) in [6, 6.07) is 6.29. The number of hydrogen-bond donors (Lipinski definition) is 2. The molecule has 2 N–H and O–H groups in total. The van der Waals surface area contributed by atoms with Crippen LogP contribution in [0.5, 0.6) is 0 Å². The van der Waals surface area contributed by atoms with E-state index in [9.17, 15) is 13.2 Å². The lowest BCUT2D eigenvalue weighted by molar-refractivity contribution is -0.120. The summed E-state index contributed by atoms with van der Waals surface area (Å²) in [7, 11) is -3.63. The van der Waals surface area contributed by atoms with Crippen LogP contribution in [-0.2, 0) is 19.6 Å². The van der Waals surface area contributed by atoms with E-state index >= 15 is 0 Å². The van der Waals surface area contributed by atoms with Crippen LogP contribution in [0.15, 0.2) is 29.2 Å². The van der Waals surface area contributed by atoms with Crippen LogP contribution in [0.3, 0.4) is 0 Å². The molecule has 1 unspecified atom stereocenters. The quantitative estimate of drug-likeness (QED) is 0.138. The van der Waals surface area contributed by atoms with E-state index in [0.717, 1.165) is 18.4 Å². The zero-order valence-corrected chi connectivity index (χ0v) is 24.7. The third kappa shape index (κ3) is 18.5. The van der Waals surface area contributed by atoms with Gasteiger partial charge < -0.3 is 10.1 Å². The number of amides is 1. The van der Waals surface area contributed by atoms with E-state index in [1.807, 2.05) is 6.92 Å². The first-order valence-corrected chi connectivity index (χ1v) is 16.2. The highest BCUT2D eigenvalue weighted by atomic mass is 32.2. The van der Waals surface area contributed by atoms with Gasteiger partial charge in [0.25, 0.3) is 0 Å². The average molecular weight is 539 g/mol. The molecule has 0 fully saturated rings. The molecule has 0 radical (unpaired) electrons. The van der Waals surface area contributed by atoms with Crippen LogP contribution in [0.1, 0.15) is 122 Å². The standard InChI is InChI=1S/C30H54N2O4S/c1-4-5-6-7-8-9-10-11-12-13-14-15-16-17-18-19-24-36-26-29(32-28(3)33)25-31-37(34,35)30-22-20-27(2)21-23-30/h20-23,29,31H,4-19,24-26H2,1-3H3,(H,32,33). The average Bonchev–Trinajstić information content (AvgIpc) is 2.86. The van der Waals surface area contributed by atoms with Crippen molar-refractivity contribution >= 4 is 15.9 Å². The highest BCUT2D eigenvalue weighted by Crippen LogP contribution is 2.14. The lowest BCUT2D eigenvalue weighted by atomic mass is 10.0. The van der Waals surface area contributed by atoms with E-state index in [2.05, 4.69) is 17.0 Å². The van der Waals surface area contributed by atoms with Gasteiger partial charge in [0.2, 0.25) is 15.9 Å². The van der Waals surface area contributed by atoms with Gasteiger partial charge in [0.05, 0.1) is 17.5 Å². The molecule has 1 rings (SSSR count). The maximum atomic E-state index is 12.5. The summed E-state index contributed by atoms with van der Waals surface area (Å²) in [5, 5.41) is 2.78.